The summed E-state index contributed by atoms with van der Waals surface area (Å²) < 4.78 is 15.0. The number of aromatic amines is 1. The van der Waals surface area contributed by atoms with Gasteiger partial charge in [-0.1, -0.05) is 23.5 Å². The molecule has 0 saturated carbocycles. The molecule has 0 radical (unpaired) electrons. The number of para-hydroxylation sites is 2. The molecule has 0 aliphatic carbocycles. The molecule has 0 saturated heterocycles. The van der Waals surface area contributed by atoms with E-state index in [1.54, 1.807) is 12.1 Å². The fourth-order valence-corrected chi connectivity index (χ4v) is 4.44. The largest absolute Gasteiger partial charge is 0.351 e. The van der Waals surface area contributed by atoms with Crippen LogP contribution in [-0.4, -0.2) is 31.8 Å². The van der Waals surface area contributed by atoms with Crippen molar-refractivity contribution in [2.75, 3.05) is 6.54 Å². The third-order valence-electron chi connectivity index (χ3n) is 4.99. The normalized spacial score (nSPS) is 11.4. The number of carbonyl (C=O) groups is 1. The molecule has 0 spiro atoms. The number of nitrogens with zero attached hydrogens (tertiary/aromatic N) is 3. The van der Waals surface area contributed by atoms with Crippen molar-refractivity contribution >= 4 is 33.2 Å². The van der Waals surface area contributed by atoms with Crippen LogP contribution in [0.2, 0.25) is 0 Å². The summed E-state index contributed by atoms with van der Waals surface area (Å²) in [5.41, 5.74) is 4.33. The number of hydrogen-bond donors (Lipinski definition) is 2. The van der Waals surface area contributed by atoms with E-state index in [-0.39, 0.29) is 11.7 Å². The van der Waals surface area contributed by atoms with Gasteiger partial charge in [-0.3, -0.25) is 9.20 Å². The molecule has 150 valence electrons. The van der Waals surface area contributed by atoms with Crippen LogP contribution in [0, 0.1) is 12.7 Å². The summed E-state index contributed by atoms with van der Waals surface area (Å²) in [6.45, 7) is 2.38. The Labute approximate surface area is 175 Å². The molecule has 2 aromatic carbocycles. The van der Waals surface area contributed by atoms with E-state index in [0.29, 0.717) is 17.8 Å². The SMILES string of the molecule is Cc1c(C(=O)NCCc2nc3ccccc3[nH]2)sc2nc(-c3ccc(F)cc3)cn12. The predicted octanol–water partition coefficient (Wildman–Crippen LogP) is 4.36. The minimum atomic E-state index is -0.280. The monoisotopic (exact) mass is 419 g/mol. The number of rotatable bonds is 5. The molecule has 8 heteroatoms. The second kappa shape index (κ2) is 7.38. The third kappa shape index (κ3) is 3.35. The number of fused-ring (bicyclic) bond motifs is 2. The minimum absolute atomic E-state index is 0.123. The van der Waals surface area contributed by atoms with Crippen LogP contribution < -0.4 is 5.32 Å². The molecule has 3 heterocycles. The highest BCUT2D eigenvalue weighted by Crippen LogP contribution is 2.27. The van der Waals surface area contributed by atoms with Gasteiger partial charge in [0.25, 0.3) is 5.91 Å². The maximum absolute atomic E-state index is 13.1. The van der Waals surface area contributed by atoms with E-state index in [0.717, 1.165) is 38.8 Å². The first-order chi connectivity index (χ1) is 14.6. The van der Waals surface area contributed by atoms with Gasteiger partial charge in [-0.2, -0.15) is 0 Å². The zero-order chi connectivity index (χ0) is 20.7. The second-order valence-corrected chi connectivity index (χ2v) is 7.99. The van der Waals surface area contributed by atoms with Crippen LogP contribution in [0.25, 0.3) is 27.3 Å². The number of imidazole rings is 2. The number of aryl methyl sites for hydroxylation is 1. The first-order valence-corrected chi connectivity index (χ1v) is 10.4. The Morgan fingerprint density at radius 1 is 1.17 bits per heavy atom. The zero-order valence-electron chi connectivity index (χ0n) is 16.1. The van der Waals surface area contributed by atoms with Gasteiger partial charge in [0.1, 0.15) is 16.5 Å². The summed E-state index contributed by atoms with van der Waals surface area (Å²) in [6, 6.07) is 14.1. The van der Waals surface area contributed by atoms with Crippen molar-refractivity contribution in [3.05, 3.63) is 76.9 Å². The predicted molar refractivity (Wildman–Crippen MR) is 115 cm³/mol. The summed E-state index contributed by atoms with van der Waals surface area (Å²) in [6.07, 6.45) is 2.50. The highest BCUT2D eigenvalue weighted by atomic mass is 32.1. The topological polar surface area (TPSA) is 75.1 Å². The van der Waals surface area contributed by atoms with Gasteiger partial charge in [0.05, 0.1) is 16.7 Å². The van der Waals surface area contributed by atoms with Crippen molar-refractivity contribution in [2.24, 2.45) is 0 Å². The lowest BCUT2D eigenvalue weighted by atomic mass is 10.2. The fraction of sp³-hybridized carbons (Fsp3) is 0.136. The van der Waals surface area contributed by atoms with Crippen LogP contribution in [0.3, 0.4) is 0 Å². The number of nitrogens with one attached hydrogen (secondary N) is 2. The van der Waals surface area contributed by atoms with Gasteiger partial charge >= 0.3 is 0 Å². The van der Waals surface area contributed by atoms with Gasteiger partial charge < -0.3 is 10.3 Å². The van der Waals surface area contributed by atoms with Crippen molar-refractivity contribution in [2.45, 2.75) is 13.3 Å². The Balaban J connectivity index is 1.29. The van der Waals surface area contributed by atoms with E-state index >= 15 is 0 Å². The Morgan fingerprint density at radius 3 is 2.73 bits per heavy atom. The second-order valence-electron chi connectivity index (χ2n) is 7.01. The molecule has 3 aromatic heterocycles. The fourth-order valence-electron chi connectivity index (χ4n) is 3.42. The Kier molecular flexibility index (Phi) is 4.55. The van der Waals surface area contributed by atoms with E-state index < -0.39 is 0 Å². The average molecular weight is 419 g/mol. The van der Waals surface area contributed by atoms with Gasteiger partial charge in [-0.25, -0.2) is 14.4 Å². The molecule has 30 heavy (non-hydrogen) atoms. The van der Waals surface area contributed by atoms with E-state index in [1.165, 1.54) is 23.5 Å². The van der Waals surface area contributed by atoms with Crippen LogP contribution in [0.15, 0.2) is 54.7 Å². The van der Waals surface area contributed by atoms with Crippen LogP contribution >= 0.6 is 11.3 Å². The summed E-state index contributed by atoms with van der Waals surface area (Å²) in [7, 11) is 0. The molecule has 0 aliphatic rings. The highest BCUT2D eigenvalue weighted by molar-refractivity contribution is 7.19. The van der Waals surface area contributed by atoms with Crippen molar-refractivity contribution < 1.29 is 9.18 Å². The van der Waals surface area contributed by atoms with Crippen molar-refractivity contribution in [1.82, 2.24) is 24.7 Å². The van der Waals surface area contributed by atoms with E-state index in [4.69, 9.17) is 0 Å². The quantitative estimate of drug-likeness (QED) is 0.445. The molecule has 5 rings (SSSR count). The number of benzene rings is 2. The molecular weight excluding hydrogens is 401 g/mol. The maximum Gasteiger partial charge on any atom is 0.263 e. The molecule has 0 atom stereocenters. The summed E-state index contributed by atoms with van der Waals surface area (Å²) >= 11 is 1.34. The number of halogens is 1. The summed E-state index contributed by atoms with van der Waals surface area (Å²) in [5, 5.41) is 2.96. The molecule has 0 fully saturated rings. The van der Waals surface area contributed by atoms with Crippen molar-refractivity contribution in [3.63, 3.8) is 0 Å². The van der Waals surface area contributed by atoms with E-state index in [1.807, 2.05) is 41.8 Å². The van der Waals surface area contributed by atoms with Crippen molar-refractivity contribution in [3.8, 4) is 11.3 Å². The molecule has 0 aliphatic heterocycles. The molecule has 2 N–H and O–H groups in total. The zero-order valence-corrected chi connectivity index (χ0v) is 17.0. The van der Waals surface area contributed by atoms with Crippen LogP contribution in [0.4, 0.5) is 4.39 Å². The van der Waals surface area contributed by atoms with Gasteiger partial charge in [-0.15, -0.1) is 0 Å². The number of aromatic nitrogens is 4. The Hall–Kier alpha value is -3.52. The molecule has 0 unspecified atom stereocenters. The minimum Gasteiger partial charge on any atom is -0.351 e. The standard InChI is InChI=1S/C22H18FN5OS/c1-13-20(21(29)24-11-10-19-25-16-4-2-3-5-17(16)26-19)30-22-27-18(12-28(13)22)14-6-8-15(23)9-7-14/h2-9,12H,10-11H2,1H3,(H,24,29)(H,25,26). The molecule has 0 bridgehead atoms. The number of amides is 1. The lowest BCUT2D eigenvalue weighted by Crippen LogP contribution is -2.25. The smallest absolute Gasteiger partial charge is 0.263 e. The van der Waals surface area contributed by atoms with Gasteiger partial charge in [0.2, 0.25) is 0 Å². The average Bonchev–Trinajstić information content (AvgIpc) is 3.42. The Bertz CT molecular complexity index is 1330. The third-order valence-corrected chi connectivity index (χ3v) is 6.14. The van der Waals surface area contributed by atoms with Crippen LogP contribution in [0.1, 0.15) is 21.2 Å². The van der Waals surface area contributed by atoms with E-state index in [9.17, 15) is 9.18 Å². The summed E-state index contributed by atoms with van der Waals surface area (Å²) in [4.78, 5) is 26.4. The summed E-state index contributed by atoms with van der Waals surface area (Å²) in [5.74, 6) is 0.443. The van der Waals surface area contributed by atoms with Crippen LogP contribution in [-0.2, 0) is 6.42 Å². The van der Waals surface area contributed by atoms with Gasteiger partial charge in [0.15, 0.2) is 4.96 Å². The molecule has 6 nitrogen and oxygen atoms in total. The molecule has 5 aromatic rings. The maximum atomic E-state index is 13.1. The molecule has 1 amide bonds. The number of H-pyrrole nitrogens is 1. The first-order valence-electron chi connectivity index (χ1n) is 9.55. The van der Waals surface area contributed by atoms with E-state index in [2.05, 4.69) is 20.3 Å². The Morgan fingerprint density at radius 2 is 1.97 bits per heavy atom. The number of carbonyl (C=O) groups excluding carboxylic acids is 1. The van der Waals surface area contributed by atoms with Gasteiger partial charge in [0, 0.05) is 30.4 Å². The number of thiazole rings is 1. The molecular formula is C22H18FN5OS. The lowest BCUT2D eigenvalue weighted by molar-refractivity contribution is 0.0957. The first kappa shape index (κ1) is 18.5. The lowest BCUT2D eigenvalue weighted by Gasteiger charge is -2.03. The number of hydrogen-bond acceptors (Lipinski definition) is 4. The van der Waals surface area contributed by atoms with Gasteiger partial charge in [-0.05, 0) is 43.3 Å². The highest BCUT2D eigenvalue weighted by Gasteiger charge is 2.18. The van der Waals surface area contributed by atoms with Crippen LogP contribution in [0.5, 0.6) is 0 Å². The van der Waals surface area contributed by atoms with Crippen molar-refractivity contribution in [1.29, 1.82) is 0 Å².